The molecule has 0 saturated carbocycles. The molecular weight excluding hydrogens is 394 g/mol. The molecule has 0 bridgehead atoms. The number of hydrogen-bond donors (Lipinski definition) is 3. The van der Waals surface area contributed by atoms with Gasteiger partial charge in [0.15, 0.2) is 0 Å². The number of nitrogens with zero attached hydrogens (tertiary/aromatic N) is 1. The summed E-state index contributed by atoms with van der Waals surface area (Å²) in [4.78, 5) is 42.7. The maximum atomic E-state index is 13.1. The van der Waals surface area contributed by atoms with Gasteiger partial charge >= 0.3 is 5.97 Å². The average molecular weight is 428 g/mol. The Kier molecular flexibility index (Phi) is 7.71. The normalized spacial score (nSPS) is 16.3. The lowest BCUT2D eigenvalue weighted by Gasteiger charge is -2.29. The van der Waals surface area contributed by atoms with Gasteiger partial charge < -0.3 is 20.3 Å². The number of carboxylic acids is 1. The largest absolute Gasteiger partial charge is 0.480 e. The Morgan fingerprint density at radius 2 is 1.84 bits per heavy atom. The fourth-order valence-corrected chi connectivity index (χ4v) is 4.35. The van der Waals surface area contributed by atoms with Crippen LogP contribution in [-0.4, -0.2) is 51.9 Å². The molecule has 2 atom stereocenters. The van der Waals surface area contributed by atoms with Crippen LogP contribution >= 0.6 is 0 Å². The van der Waals surface area contributed by atoms with Crippen LogP contribution in [0.15, 0.2) is 30.5 Å². The smallest absolute Gasteiger partial charge is 0.326 e. The maximum Gasteiger partial charge on any atom is 0.326 e. The number of para-hydroxylation sites is 1. The van der Waals surface area contributed by atoms with Gasteiger partial charge in [0.1, 0.15) is 6.04 Å². The van der Waals surface area contributed by atoms with Crippen molar-refractivity contribution in [3.05, 3.63) is 36.0 Å². The number of piperidine rings is 1. The third-order valence-corrected chi connectivity index (χ3v) is 5.97. The second-order valence-electron chi connectivity index (χ2n) is 8.94. The van der Waals surface area contributed by atoms with E-state index in [1.807, 2.05) is 43.0 Å². The monoisotopic (exact) mass is 427 g/mol. The quantitative estimate of drug-likeness (QED) is 0.571. The second kappa shape index (κ2) is 10.5. The fourth-order valence-electron chi connectivity index (χ4n) is 4.35. The standard InChI is InChI=1S/C24H33N3O4/c1-16(2)12-17(14-22(28)27-10-6-3-7-11-27)23(29)26-21(24(30)31)13-18-15-25-20-9-5-4-8-19(18)20/h4-5,8-9,15-17,21,25H,3,6-7,10-14H2,1-2H3,(H,26,29)(H,30,31)/t17-,21-/m1/s1. The Morgan fingerprint density at radius 3 is 2.52 bits per heavy atom. The molecule has 0 spiro atoms. The summed E-state index contributed by atoms with van der Waals surface area (Å²) in [7, 11) is 0. The number of H-pyrrole nitrogens is 1. The molecule has 3 N–H and O–H groups in total. The van der Waals surface area contributed by atoms with Crippen LogP contribution in [0.1, 0.15) is 51.5 Å². The number of aromatic amines is 1. The molecule has 1 aromatic heterocycles. The summed E-state index contributed by atoms with van der Waals surface area (Å²) < 4.78 is 0. The Morgan fingerprint density at radius 1 is 1.13 bits per heavy atom. The number of fused-ring (bicyclic) bond motifs is 1. The van der Waals surface area contributed by atoms with Gasteiger partial charge in [-0.15, -0.1) is 0 Å². The van der Waals surface area contributed by atoms with Crippen LogP contribution < -0.4 is 5.32 Å². The van der Waals surface area contributed by atoms with Gasteiger partial charge in [-0.25, -0.2) is 4.79 Å². The Hall–Kier alpha value is -2.83. The van der Waals surface area contributed by atoms with Gasteiger partial charge in [0, 0.05) is 48.9 Å². The number of nitrogens with one attached hydrogen (secondary N) is 2. The van der Waals surface area contributed by atoms with E-state index < -0.39 is 17.9 Å². The third-order valence-electron chi connectivity index (χ3n) is 5.97. The van der Waals surface area contributed by atoms with Crippen LogP contribution in [0.25, 0.3) is 10.9 Å². The number of rotatable bonds is 9. The van der Waals surface area contributed by atoms with E-state index in [1.165, 1.54) is 0 Å². The number of carbonyl (C=O) groups excluding carboxylic acids is 2. The molecule has 1 fully saturated rings. The zero-order valence-electron chi connectivity index (χ0n) is 18.4. The third kappa shape index (κ3) is 6.09. The van der Waals surface area contributed by atoms with E-state index in [2.05, 4.69) is 10.3 Å². The van der Waals surface area contributed by atoms with Crippen molar-refractivity contribution < 1.29 is 19.5 Å². The Balaban J connectivity index is 1.69. The van der Waals surface area contributed by atoms with Crippen LogP contribution in [0.3, 0.4) is 0 Å². The summed E-state index contributed by atoms with van der Waals surface area (Å²) in [6, 6.07) is 6.62. The summed E-state index contributed by atoms with van der Waals surface area (Å²) in [6.07, 6.45) is 5.77. The Labute approximate surface area is 183 Å². The zero-order chi connectivity index (χ0) is 22.4. The predicted molar refractivity (Wildman–Crippen MR) is 120 cm³/mol. The first-order chi connectivity index (χ1) is 14.8. The highest BCUT2D eigenvalue weighted by Crippen LogP contribution is 2.22. The number of likely N-dealkylation sites (tertiary alicyclic amines) is 1. The molecule has 7 heteroatoms. The van der Waals surface area contributed by atoms with Gasteiger partial charge in [0.2, 0.25) is 11.8 Å². The molecule has 2 amide bonds. The van der Waals surface area contributed by atoms with Crippen LogP contribution in [0.4, 0.5) is 0 Å². The maximum absolute atomic E-state index is 13.1. The van der Waals surface area contributed by atoms with Gasteiger partial charge in [0.05, 0.1) is 0 Å². The molecule has 0 aliphatic carbocycles. The van der Waals surface area contributed by atoms with E-state index in [9.17, 15) is 19.5 Å². The van der Waals surface area contributed by atoms with Gasteiger partial charge in [-0.3, -0.25) is 9.59 Å². The molecule has 1 saturated heterocycles. The lowest BCUT2D eigenvalue weighted by atomic mass is 9.91. The minimum absolute atomic E-state index is 0.0102. The summed E-state index contributed by atoms with van der Waals surface area (Å²) in [6.45, 7) is 5.50. The van der Waals surface area contributed by atoms with E-state index in [0.29, 0.717) is 6.42 Å². The average Bonchev–Trinajstić information content (AvgIpc) is 3.16. The van der Waals surface area contributed by atoms with Crippen LogP contribution in [0, 0.1) is 11.8 Å². The van der Waals surface area contributed by atoms with Gasteiger partial charge in [-0.1, -0.05) is 32.0 Å². The zero-order valence-corrected chi connectivity index (χ0v) is 18.4. The van der Waals surface area contributed by atoms with Crippen molar-refractivity contribution >= 4 is 28.7 Å². The highest BCUT2D eigenvalue weighted by Gasteiger charge is 2.30. The molecule has 0 unspecified atom stereocenters. The van der Waals surface area contributed by atoms with Crippen molar-refractivity contribution in [3.8, 4) is 0 Å². The van der Waals surface area contributed by atoms with Crippen molar-refractivity contribution in [2.75, 3.05) is 13.1 Å². The van der Waals surface area contributed by atoms with Gasteiger partial charge in [0.25, 0.3) is 0 Å². The molecule has 7 nitrogen and oxygen atoms in total. The van der Waals surface area contributed by atoms with Crippen LogP contribution in [-0.2, 0) is 20.8 Å². The first-order valence-electron chi connectivity index (χ1n) is 11.2. The minimum atomic E-state index is -1.08. The lowest BCUT2D eigenvalue weighted by Crippen LogP contribution is -2.46. The second-order valence-corrected chi connectivity index (χ2v) is 8.94. The van der Waals surface area contributed by atoms with Crippen molar-refractivity contribution in [1.29, 1.82) is 0 Å². The summed E-state index contributed by atoms with van der Waals surface area (Å²) in [5.41, 5.74) is 1.77. The van der Waals surface area contributed by atoms with Crippen molar-refractivity contribution in [2.24, 2.45) is 11.8 Å². The number of aromatic nitrogens is 1. The molecule has 1 aliphatic heterocycles. The van der Waals surface area contributed by atoms with Crippen molar-refractivity contribution in [3.63, 3.8) is 0 Å². The topological polar surface area (TPSA) is 103 Å². The van der Waals surface area contributed by atoms with E-state index >= 15 is 0 Å². The molecule has 3 rings (SSSR count). The molecule has 1 aromatic carbocycles. The number of carbonyl (C=O) groups is 3. The molecular formula is C24H33N3O4. The van der Waals surface area contributed by atoms with Crippen LogP contribution in [0.2, 0.25) is 0 Å². The van der Waals surface area contributed by atoms with Crippen molar-refractivity contribution in [2.45, 2.75) is 58.4 Å². The molecule has 168 valence electrons. The highest BCUT2D eigenvalue weighted by molar-refractivity contribution is 5.89. The van der Waals surface area contributed by atoms with Gasteiger partial charge in [-0.05, 0) is 43.2 Å². The molecule has 0 radical (unpaired) electrons. The summed E-state index contributed by atoms with van der Waals surface area (Å²) >= 11 is 0. The highest BCUT2D eigenvalue weighted by atomic mass is 16.4. The minimum Gasteiger partial charge on any atom is -0.480 e. The molecule has 2 heterocycles. The SMILES string of the molecule is CC(C)C[C@H](CC(=O)N1CCCCC1)C(=O)N[C@H](Cc1c[nH]c2ccccc12)C(=O)O. The number of carboxylic acid groups (broad SMARTS) is 1. The fraction of sp³-hybridized carbons (Fsp3) is 0.542. The van der Waals surface area contributed by atoms with E-state index in [1.54, 1.807) is 6.20 Å². The molecule has 1 aliphatic rings. The lowest BCUT2D eigenvalue weighted by molar-refractivity contribution is -0.143. The summed E-state index contributed by atoms with van der Waals surface area (Å²) in [5.74, 6) is -1.75. The van der Waals surface area contributed by atoms with E-state index in [4.69, 9.17) is 0 Å². The number of hydrogen-bond acceptors (Lipinski definition) is 3. The number of aliphatic carboxylic acids is 1. The number of benzene rings is 1. The molecule has 31 heavy (non-hydrogen) atoms. The summed E-state index contributed by atoms with van der Waals surface area (Å²) in [5, 5.41) is 13.4. The van der Waals surface area contributed by atoms with E-state index in [-0.39, 0.29) is 30.6 Å². The van der Waals surface area contributed by atoms with E-state index in [0.717, 1.165) is 48.8 Å². The van der Waals surface area contributed by atoms with Gasteiger partial charge in [-0.2, -0.15) is 0 Å². The number of amides is 2. The van der Waals surface area contributed by atoms with Crippen molar-refractivity contribution in [1.82, 2.24) is 15.2 Å². The van der Waals surface area contributed by atoms with Crippen LogP contribution in [0.5, 0.6) is 0 Å². The Bertz CT molecular complexity index is 914. The first kappa shape index (κ1) is 22.8. The molecule has 2 aromatic rings. The predicted octanol–water partition coefficient (Wildman–Crippen LogP) is 3.34. The first-order valence-corrected chi connectivity index (χ1v) is 11.2.